The van der Waals surface area contributed by atoms with Gasteiger partial charge in [0.2, 0.25) is 0 Å². The highest BCUT2D eigenvalue weighted by Crippen LogP contribution is 2.23. The molecule has 3 nitrogen and oxygen atoms in total. The minimum atomic E-state index is -0.0367. The molecule has 0 amide bonds. The number of imidazole rings is 1. The van der Waals surface area contributed by atoms with Crippen LogP contribution in [0.4, 0.5) is 0 Å². The Morgan fingerprint density at radius 1 is 1.62 bits per heavy atom. The van der Waals surface area contributed by atoms with E-state index in [0.29, 0.717) is 5.82 Å². The molecule has 0 aliphatic rings. The van der Waals surface area contributed by atoms with E-state index in [9.17, 15) is 0 Å². The number of nitrogens with one attached hydrogen (secondary N) is 1. The van der Waals surface area contributed by atoms with Gasteiger partial charge in [0.25, 0.3) is 0 Å². The first-order valence-corrected chi connectivity index (χ1v) is 4.94. The number of aryl methyl sites for hydroxylation is 1. The molecule has 0 aromatic carbocycles. The van der Waals surface area contributed by atoms with Gasteiger partial charge in [-0.2, -0.15) is 11.3 Å². The number of aliphatic hydroxyl groups is 1. The zero-order chi connectivity index (χ0) is 9.26. The molecule has 0 bridgehead atoms. The summed E-state index contributed by atoms with van der Waals surface area (Å²) < 4.78 is 0. The van der Waals surface area contributed by atoms with Crippen molar-refractivity contribution < 1.29 is 5.11 Å². The largest absolute Gasteiger partial charge is 0.388 e. The van der Waals surface area contributed by atoms with Crippen molar-refractivity contribution >= 4 is 11.3 Å². The van der Waals surface area contributed by atoms with Crippen molar-refractivity contribution in [3.05, 3.63) is 28.3 Å². The second-order valence-corrected chi connectivity index (χ2v) is 3.61. The molecule has 0 fully saturated rings. The summed E-state index contributed by atoms with van der Waals surface area (Å²) in [6, 6.07) is 2.02. The predicted molar refractivity (Wildman–Crippen MR) is 52.6 cm³/mol. The molecule has 0 atom stereocenters. The number of thiophene rings is 1. The van der Waals surface area contributed by atoms with Crippen molar-refractivity contribution in [2.45, 2.75) is 13.5 Å². The highest BCUT2D eigenvalue weighted by molar-refractivity contribution is 7.08. The molecule has 68 valence electrons. The van der Waals surface area contributed by atoms with Crippen molar-refractivity contribution in [2.24, 2.45) is 0 Å². The van der Waals surface area contributed by atoms with Crippen LogP contribution in [0.3, 0.4) is 0 Å². The SMILES string of the molecule is Cc1[nH]c(CO)nc1-c1ccsc1. The molecule has 0 saturated carbocycles. The third-order valence-corrected chi connectivity index (χ3v) is 2.56. The quantitative estimate of drug-likeness (QED) is 0.767. The van der Waals surface area contributed by atoms with E-state index in [1.807, 2.05) is 23.8 Å². The van der Waals surface area contributed by atoms with Crippen LogP contribution in [-0.4, -0.2) is 15.1 Å². The molecule has 0 aliphatic heterocycles. The van der Waals surface area contributed by atoms with Gasteiger partial charge in [0.1, 0.15) is 12.4 Å². The molecule has 0 radical (unpaired) electrons. The van der Waals surface area contributed by atoms with E-state index in [4.69, 9.17) is 5.11 Å². The summed E-state index contributed by atoms with van der Waals surface area (Å²) in [4.78, 5) is 7.30. The lowest BCUT2D eigenvalue weighted by Gasteiger charge is -1.90. The fourth-order valence-corrected chi connectivity index (χ4v) is 1.92. The molecule has 2 rings (SSSR count). The van der Waals surface area contributed by atoms with E-state index >= 15 is 0 Å². The van der Waals surface area contributed by atoms with Crippen molar-refractivity contribution in [1.82, 2.24) is 9.97 Å². The molecule has 2 N–H and O–H groups in total. The average molecular weight is 194 g/mol. The molecule has 0 saturated heterocycles. The topological polar surface area (TPSA) is 48.9 Å². The lowest BCUT2D eigenvalue weighted by atomic mass is 10.2. The van der Waals surface area contributed by atoms with E-state index < -0.39 is 0 Å². The van der Waals surface area contributed by atoms with Gasteiger partial charge >= 0.3 is 0 Å². The summed E-state index contributed by atoms with van der Waals surface area (Å²) in [7, 11) is 0. The maximum atomic E-state index is 8.88. The van der Waals surface area contributed by atoms with Gasteiger partial charge in [-0.1, -0.05) is 0 Å². The molecule has 13 heavy (non-hydrogen) atoms. The highest BCUT2D eigenvalue weighted by atomic mass is 32.1. The van der Waals surface area contributed by atoms with Crippen molar-refractivity contribution in [2.75, 3.05) is 0 Å². The monoisotopic (exact) mass is 194 g/mol. The summed E-state index contributed by atoms with van der Waals surface area (Å²) in [6.45, 7) is 1.92. The zero-order valence-electron chi connectivity index (χ0n) is 7.24. The van der Waals surface area contributed by atoms with Gasteiger partial charge in [-0.25, -0.2) is 4.98 Å². The molecular weight excluding hydrogens is 184 g/mol. The Balaban J connectivity index is 2.46. The summed E-state index contributed by atoms with van der Waals surface area (Å²) >= 11 is 1.64. The lowest BCUT2D eigenvalue weighted by molar-refractivity contribution is 0.272. The van der Waals surface area contributed by atoms with Gasteiger partial charge in [-0.15, -0.1) is 0 Å². The van der Waals surface area contributed by atoms with E-state index in [-0.39, 0.29) is 6.61 Å². The van der Waals surface area contributed by atoms with Crippen LogP contribution in [-0.2, 0) is 6.61 Å². The molecule has 0 spiro atoms. The fourth-order valence-electron chi connectivity index (χ4n) is 1.28. The number of rotatable bonds is 2. The van der Waals surface area contributed by atoms with E-state index in [2.05, 4.69) is 9.97 Å². The average Bonchev–Trinajstić information content (AvgIpc) is 2.72. The van der Waals surface area contributed by atoms with Crippen LogP contribution in [0.15, 0.2) is 16.8 Å². The standard InChI is InChI=1S/C9H10N2OS/c1-6-9(7-2-3-13-5-7)11-8(4-12)10-6/h2-3,5,12H,4H2,1H3,(H,10,11). The first kappa shape index (κ1) is 8.47. The van der Waals surface area contributed by atoms with Crippen molar-refractivity contribution in [3.8, 4) is 11.3 Å². The Hall–Kier alpha value is -1.13. The first-order valence-electron chi connectivity index (χ1n) is 4.00. The van der Waals surface area contributed by atoms with Crippen LogP contribution in [0.25, 0.3) is 11.3 Å². The summed E-state index contributed by atoms with van der Waals surface area (Å²) in [5, 5.41) is 12.9. The number of H-pyrrole nitrogens is 1. The zero-order valence-corrected chi connectivity index (χ0v) is 8.06. The molecular formula is C9H10N2OS. The predicted octanol–water partition coefficient (Wildman–Crippen LogP) is 1.94. The molecule has 0 unspecified atom stereocenters. The lowest BCUT2D eigenvalue weighted by Crippen LogP contribution is -1.84. The molecule has 4 heteroatoms. The van der Waals surface area contributed by atoms with Crippen LogP contribution >= 0.6 is 11.3 Å². The first-order chi connectivity index (χ1) is 6.31. The summed E-state index contributed by atoms with van der Waals surface area (Å²) in [5.41, 5.74) is 3.05. The molecule has 2 aromatic rings. The minimum Gasteiger partial charge on any atom is -0.388 e. The van der Waals surface area contributed by atoms with Crippen LogP contribution < -0.4 is 0 Å². The Labute approximate surface area is 80.1 Å². The van der Waals surface area contributed by atoms with E-state index in [0.717, 1.165) is 17.0 Å². The van der Waals surface area contributed by atoms with Gasteiger partial charge < -0.3 is 10.1 Å². The van der Waals surface area contributed by atoms with Crippen LogP contribution in [0.2, 0.25) is 0 Å². The Morgan fingerprint density at radius 2 is 2.46 bits per heavy atom. The maximum absolute atomic E-state index is 8.88. The number of hydrogen-bond donors (Lipinski definition) is 2. The number of aromatic amines is 1. The maximum Gasteiger partial charge on any atom is 0.132 e. The van der Waals surface area contributed by atoms with Crippen molar-refractivity contribution in [1.29, 1.82) is 0 Å². The highest BCUT2D eigenvalue weighted by Gasteiger charge is 2.07. The normalized spacial score (nSPS) is 10.6. The van der Waals surface area contributed by atoms with Gasteiger partial charge in [0.15, 0.2) is 0 Å². The fraction of sp³-hybridized carbons (Fsp3) is 0.222. The van der Waals surface area contributed by atoms with Gasteiger partial charge in [0.05, 0.1) is 5.69 Å². The van der Waals surface area contributed by atoms with Crippen LogP contribution in [0, 0.1) is 6.92 Å². The van der Waals surface area contributed by atoms with Gasteiger partial charge in [-0.05, 0) is 18.4 Å². The number of aromatic nitrogens is 2. The van der Waals surface area contributed by atoms with E-state index in [1.165, 1.54) is 0 Å². The summed E-state index contributed by atoms with van der Waals surface area (Å²) in [5.74, 6) is 0.624. The minimum absolute atomic E-state index is 0.0367. The number of aliphatic hydroxyl groups excluding tert-OH is 1. The molecule has 2 heterocycles. The van der Waals surface area contributed by atoms with Crippen molar-refractivity contribution in [3.63, 3.8) is 0 Å². The Bertz CT molecular complexity index is 392. The van der Waals surface area contributed by atoms with E-state index in [1.54, 1.807) is 11.3 Å². The molecule has 0 aliphatic carbocycles. The number of hydrogen-bond acceptors (Lipinski definition) is 3. The second-order valence-electron chi connectivity index (χ2n) is 2.83. The van der Waals surface area contributed by atoms with Crippen LogP contribution in [0.1, 0.15) is 11.5 Å². The molecule has 2 aromatic heterocycles. The number of nitrogens with zero attached hydrogens (tertiary/aromatic N) is 1. The smallest absolute Gasteiger partial charge is 0.132 e. The third kappa shape index (κ3) is 1.50. The second kappa shape index (κ2) is 3.32. The van der Waals surface area contributed by atoms with Gasteiger partial charge in [-0.3, -0.25) is 0 Å². The Kier molecular flexibility index (Phi) is 2.16. The third-order valence-electron chi connectivity index (χ3n) is 1.88. The Morgan fingerprint density at radius 3 is 3.00 bits per heavy atom. The van der Waals surface area contributed by atoms with Crippen LogP contribution in [0.5, 0.6) is 0 Å². The van der Waals surface area contributed by atoms with Gasteiger partial charge in [0, 0.05) is 16.6 Å². The summed E-state index contributed by atoms with van der Waals surface area (Å²) in [6.07, 6.45) is 0.